The molecule has 4 heteroatoms. The third-order valence-electron chi connectivity index (χ3n) is 1.20. The highest BCUT2D eigenvalue weighted by Crippen LogP contribution is 2.00. The van der Waals surface area contributed by atoms with Crippen molar-refractivity contribution in [2.24, 2.45) is 0 Å². The molecule has 2 nitrogen and oxygen atoms in total. The van der Waals surface area contributed by atoms with Gasteiger partial charge in [0.25, 0.3) is 0 Å². The number of hydrogen-bond donors (Lipinski definition) is 0. The zero-order valence-corrected chi connectivity index (χ0v) is 6.19. The maximum Gasteiger partial charge on any atom is 0.125 e. The summed E-state index contributed by atoms with van der Waals surface area (Å²) in [7, 11) is 5.29. The van der Waals surface area contributed by atoms with E-state index in [1.165, 1.54) is 6.07 Å². The van der Waals surface area contributed by atoms with Crippen LogP contribution in [-0.4, -0.2) is 18.8 Å². The monoisotopic (exact) mass is 156 g/mol. The fraction of sp³-hybridized carbons (Fsp3) is 0.143. The second kappa shape index (κ2) is 4.88. The minimum Gasteiger partial charge on any atom is -0.412 e. The largest absolute Gasteiger partial charge is 0.412 e. The molecule has 4 N–H and O–H groups in total. The lowest BCUT2D eigenvalue weighted by Crippen LogP contribution is -2.02. The zero-order chi connectivity index (χ0) is 6.85. The van der Waals surface area contributed by atoms with Crippen molar-refractivity contribution in [3.05, 3.63) is 29.6 Å². The summed E-state index contributed by atoms with van der Waals surface area (Å²) in [6.07, 6.45) is 0. The van der Waals surface area contributed by atoms with Crippen molar-refractivity contribution in [3.63, 3.8) is 0 Å². The van der Waals surface area contributed by atoms with Crippen molar-refractivity contribution in [1.82, 2.24) is 0 Å². The molecular weight excluding hydrogens is 146 g/mol. The Kier molecular flexibility index (Phi) is 5.66. The first kappa shape index (κ1) is 12.8. The minimum absolute atomic E-state index is 0. The van der Waals surface area contributed by atoms with E-state index in [1.54, 1.807) is 19.1 Å². The maximum absolute atomic E-state index is 12.5. The van der Waals surface area contributed by atoms with E-state index in [0.717, 1.165) is 0 Å². The summed E-state index contributed by atoms with van der Waals surface area (Å²) in [5.41, 5.74) is 1.10. The van der Waals surface area contributed by atoms with E-state index in [9.17, 15) is 4.39 Å². The van der Waals surface area contributed by atoms with Gasteiger partial charge < -0.3 is 11.0 Å². The third-order valence-corrected chi connectivity index (χ3v) is 1.20. The standard InChI is InChI=1S/C7H6BF.2H2O/c1-5-2-3-6(8)4-7(5)9;;/h2-4H,1H3;2*1H2. The van der Waals surface area contributed by atoms with E-state index in [-0.39, 0.29) is 16.8 Å². The number of benzene rings is 1. The zero-order valence-electron chi connectivity index (χ0n) is 6.19. The van der Waals surface area contributed by atoms with Crippen molar-refractivity contribution in [3.8, 4) is 0 Å². The van der Waals surface area contributed by atoms with Crippen LogP contribution >= 0.6 is 0 Å². The quantitative estimate of drug-likeness (QED) is 0.445. The molecule has 0 bridgehead atoms. The van der Waals surface area contributed by atoms with Crippen LogP contribution in [0.2, 0.25) is 0 Å². The maximum atomic E-state index is 12.5. The summed E-state index contributed by atoms with van der Waals surface area (Å²) in [5, 5.41) is 0. The molecule has 0 atom stereocenters. The summed E-state index contributed by atoms with van der Waals surface area (Å²) in [5.74, 6) is -0.241. The van der Waals surface area contributed by atoms with E-state index in [2.05, 4.69) is 0 Å². The molecule has 0 aliphatic rings. The Morgan fingerprint density at radius 2 is 1.82 bits per heavy atom. The molecular formula is C7H10BFO2. The van der Waals surface area contributed by atoms with Crippen LogP contribution in [0.1, 0.15) is 5.56 Å². The third kappa shape index (κ3) is 3.16. The fourth-order valence-corrected chi connectivity index (χ4v) is 0.609. The molecule has 11 heavy (non-hydrogen) atoms. The molecule has 1 aromatic rings. The summed E-state index contributed by atoms with van der Waals surface area (Å²) in [6.45, 7) is 1.70. The van der Waals surface area contributed by atoms with Crippen molar-refractivity contribution in [2.75, 3.05) is 0 Å². The molecule has 0 unspecified atom stereocenters. The average molecular weight is 156 g/mol. The molecule has 0 aromatic heterocycles. The number of halogens is 1. The van der Waals surface area contributed by atoms with Crippen LogP contribution in [-0.2, 0) is 0 Å². The van der Waals surface area contributed by atoms with Crippen molar-refractivity contribution in [2.45, 2.75) is 6.92 Å². The van der Waals surface area contributed by atoms with Crippen molar-refractivity contribution < 1.29 is 15.3 Å². The first-order valence-electron chi connectivity index (χ1n) is 2.72. The predicted octanol–water partition coefficient (Wildman–Crippen LogP) is -0.721. The minimum atomic E-state index is -0.241. The molecule has 0 saturated carbocycles. The highest BCUT2D eigenvalue weighted by Gasteiger charge is 1.92. The summed E-state index contributed by atoms with van der Waals surface area (Å²) in [6, 6.07) is 4.65. The van der Waals surface area contributed by atoms with Gasteiger partial charge in [0.2, 0.25) is 0 Å². The second-order valence-electron chi connectivity index (χ2n) is 2.01. The second-order valence-corrected chi connectivity index (χ2v) is 2.01. The first-order valence-corrected chi connectivity index (χ1v) is 2.72. The van der Waals surface area contributed by atoms with Gasteiger partial charge in [-0.25, -0.2) is 4.39 Å². The van der Waals surface area contributed by atoms with Gasteiger partial charge in [-0.2, -0.15) is 0 Å². The van der Waals surface area contributed by atoms with Crippen molar-refractivity contribution in [1.29, 1.82) is 0 Å². The Labute approximate surface area is 66.1 Å². The number of aryl methyl sites for hydroxylation is 1. The highest BCUT2D eigenvalue weighted by molar-refractivity contribution is 6.32. The van der Waals surface area contributed by atoms with E-state index in [1.807, 2.05) is 0 Å². The van der Waals surface area contributed by atoms with Gasteiger partial charge in [0.05, 0.1) is 0 Å². The van der Waals surface area contributed by atoms with Gasteiger partial charge in [-0.05, 0) is 18.6 Å². The lowest BCUT2D eigenvalue weighted by Gasteiger charge is -1.95. The molecule has 1 aromatic carbocycles. The van der Waals surface area contributed by atoms with Crippen LogP contribution < -0.4 is 5.46 Å². The van der Waals surface area contributed by atoms with E-state index < -0.39 is 0 Å². The van der Waals surface area contributed by atoms with E-state index >= 15 is 0 Å². The van der Waals surface area contributed by atoms with Gasteiger partial charge in [-0.3, -0.25) is 0 Å². The SMILES string of the molecule is O.O.[B]c1ccc(C)c(F)c1. The van der Waals surface area contributed by atoms with E-state index in [0.29, 0.717) is 11.0 Å². The van der Waals surface area contributed by atoms with Gasteiger partial charge in [0, 0.05) is 0 Å². The Morgan fingerprint density at radius 1 is 1.27 bits per heavy atom. The van der Waals surface area contributed by atoms with Gasteiger partial charge in [0.15, 0.2) is 0 Å². The molecule has 0 saturated heterocycles. The molecule has 0 aliphatic heterocycles. The molecule has 0 heterocycles. The Balaban J connectivity index is 0. The van der Waals surface area contributed by atoms with Crippen LogP contribution in [0.25, 0.3) is 0 Å². The fourth-order valence-electron chi connectivity index (χ4n) is 0.609. The molecule has 60 valence electrons. The summed E-state index contributed by atoms with van der Waals surface area (Å²) in [4.78, 5) is 0. The Morgan fingerprint density at radius 3 is 2.18 bits per heavy atom. The molecule has 0 aliphatic carbocycles. The summed E-state index contributed by atoms with van der Waals surface area (Å²) < 4.78 is 12.5. The van der Waals surface area contributed by atoms with Crippen LogP contribution in [0.3, 0.4) is 0 Å². The molecule has 0 amide bonds. The van der Waals surface area contributed by atoms with Crippen LogP contribution in [0.4, 0.5) is 4.39 Å². The van der Waals surface area contributed by atoms with E-state index in [4.69, 9.17) is 7.85 Å². The molecule has 0 fully saturated rings. The molecule has 1 rings (SSSR count). The van der Waals surface area contributed by atoms with Gasteiger partial charge >= 0.3 is 0 Å². The number of hydrogen-bond acceptors (Lipinski definition) is 0. The van der Waals surface area contributed by atoms with Gasteiger partial charge in [-0.15, -0.1) is 0 Å². The van der Waals surface area contributed by atoms with Crippen LogP contribution in [0, 0.1) is 12.7 Å². The lowest BCUT2D eigenvalue weighted by molar-refractivity contribution is 0.619. The lowest BCUT2D eigenvalue weighted by atomic mass is 9.95. The summed E-state index contributed by atoms with van der Waals surface area (Å²) >= 11 is 0. The first-order chi connectivity index (χ1) is 4.20. The normalized spacial score (nSPS) is 7.82. The average Bonchev–Trinajstić information content (AvgIpc) is 1.80. The van der Waals surface area contributed by atoms with Gasteiger partial charge in [-0.1, -0.05) is 17.6 Å². The molecule has 2 radical (unpaired) electrons. The molecule has 0 spiro atoms. The van der Waals surface area contributed by atoms with Crippen LogP contribution in [0.15, 0.2) is 18.2 Å². The predicted molar refractivity (Wildman–Crippen MR) is 43.8 cm³/mol. The Hall–Kier alpha value is -0.865. The van der Waals surface area contributed by atoms with Gasteiger partial charge in [0.1, 0.15) is 13.7 Å². The van der Waals surface area contributed by atoms with Crippen LogP contribution in [0.5, 0.6) is 0 Å². The van der Waals surface area contributed by atoms with Crippen molar-refractivity contribution >= 4 is 13.3 Å². The smallest absolute Gasteiger partial charge is 0.125 e. The number of rotatable bonds is 0. The topological polar surface area (TPSA) is 63.0 Å². The Bertz CT molecular complexity index is 228. The highest BCUT2D eigenvalue weighted by atomic mass is 19.1.